The Labute approximate surface area is 111 Å². The number of ether oxygens (including phenoxy) is 1. The molecule has 0 aliphatic carbocycles. The van der Waals surface area contributed by atoms with Gasteiger partial charge in [0.05, 0.1) is 14.7 Å². The van der Waals surface area contributed by atoms with Gasteiger partial charge in [-0.1, -0.05) is 52.6 Å². The highest BCUT2D eigenvalue weighted by Gasteiger charge is 2.32. The molecule has 1 amide bonds. The second-order valence-corrected chi connectivity index (χ2v) is 11.6. The van der Waals surface area contributed by atoms with Gasteiger partial charge in [0.2, 0.25) is 0 Å². The van der Waals surface area contributed by atoms with Crippen LogP contribution in [0.2, 0.25) is 18.1 Å². The zero-order chi connectivity index (χ0) is 14.6. The predicted molar refractivity (Wildman–Crippen MR) is 77.0 cm³/mol. The van der Waals surface area contributed by atoms with Crippen LogP contribution in [0, 0.1) is 5.92 Å². The molecule has 106 valence electrons. The van der Waals surface area contributed by atoms with E-state index in [4.69, 9.17) is 10.5 Å². The molecule has 0 aromatic rings. The van der Waals surface area contributed by atoms with Crippen LogP contribution in [0.5, 0.6) is 0 Å². The Hall–Kier alpha value is -0.813. The molecular formula is C13H27NO3Si. The number of primary amides is 1. The van der Waals surface area contributed by atoms with E-state index < -0.39 is 20.3 Å². The molecule has 0 aromatic carbocycles. The van der Waals surface area contributed by atoms with Crippen LogP contribution in [0.25, 0.3) is 0 Å². The van der Waals surface area contributed by atoms with Crippen molar-refractivity contribution in [3.05, 3.63) is 11.8 Å². The van der Waals surface area contributed by atoms with Crippen LogP contribution in [-0.4, -0.2) is 32.0 Å². The van der Waals surface area contributed by atoms with E-state index in [9.17, 15) is 9.90 Å². The largest absolute Gasteiger partial charge is 0.443 e. The van der Waals surface area contributed by atoms with Crippen molar-refractivity contribution in [3.63, 3.8) is 0 Å². The van der Waals surface area contributed by atoms with E-state index in [-0.39, 0.29) is 17.6 Å². The number of amides is 1. The van der Waals surface area contributed by atoms with Gasteiger partial charge in [-0.05, 0) is 5.04 Å². The highest BCUT2D eigenvalue weighted by atomic mass is 28.3. The molecule has 0 radical (unpaired) electrons. The van der Waals surface area contributed by atoms with E-state index >= 15 is 0 Å². The summed E-state index contributed by atoms with van der Waals surface area (Å²) in [6.07, 6.45) is 0.617. The van der Waals surface area contributed by atoms with Gasteiger partial charge in [-0.3, -0.25) is 0 Å². The van der Waals surface area contributed by atoms with Gasteiger partial charge >= 0.3 is 6.09 Å². The highest BCUT2D eigenvalue weighted by molar-refractivity contribution is 6.84. The Kier molecular flexibility index (Phi) is 6.09. The van der Waals surface area contributed by atoms with E-state index in [0.717, 1.165) is 0 Å². The van der Waals surface area contributed by atoms with E-state index in [2.05, 4.69) is 39.6 Å². The number of aliphatic hydroxyl groups is 1. The van der Waals surface area contributed by atoms with Crippen LogP contribution < -0.4 is 5.73 Å². The maximum absolute atomic E-state index is 10.7. The van der Waals surface area contributed by atoms with Crippen LogP contribution in [0.15, 0.2) is 11.8 Å². The highest BCUT2D eigenvalue weighted by Crippen LogP contribution is 2.36. The van der Waals surface area contributed by atoms with Crippen molar-refractivity contribution in [2.45, 2.75) is 51.9 Å². The number of carbonyl (C=O) groups is 1. The van der Waals surface area contributed by atoms with Crippen LogP contribution in [0.1, 0.15) is 27.7 Å². The summed E-state index contributed by atoms with van der Waals surface area (Å²) in [6.45, 7) is 13.0. The molecular weight excluding hydrogens is 246 g/mol. The lowest BCUT2D eigenvalue weighted by atomic mass is 10.1. The van der Waals surface area contributed by atoms with Gasteiger partial charge in [0.25, 0.3) is 0 Å². The van der Waals surface area contributed by atoms with Crippen molar-refractivity contribution < 1.29 is 14.6 Å². The first-order valence-corrected chi connectivity index (χ1v) is 9.35. The predicted octanol–water partition coefficient (Wildman–Crippen LogP) is 2.68. The van der Waals surface area contributed by atoms with Gasteiger partial charge in [-0.25, -0.2) is 4.79 Å². The Morgan fingerprint density at radius 3 is 2.28 bits per heavy atom. The minimum Gasteiger partial charge on any atom is -0.443 e. The third kappa shape index (κ3) is 5.22. The molecule has 0 rings (SSSR count). The summed E-state index contributed by atoms with van der Waals surface area (Å²) in [6, 6.07) is 0. The van der Waals surface area contributed by atoms with Crippen molar-refractivity contribution in [2.75, 3.05) is 6.61 Å². The summed E-state index contributed by atoms with van der Waals surface area (Å²) in [4.78, 5) is 10.7. The van der Waals surface area contributed by atoms with E-state index in [0.29, 0.717) is 0 Å². The fraction of sp³-hybridized carbons (Fsp3) is 0.769. The third-order valence-corrected chi connectivity index (χ3v) is 8.68. The first-order valence-electron chi connectivity index (χ1n) is 6.27. The fourth-order valence-corrected chi connectivity index (χ4v) is 2.51. The maximum Gasteiger partial charge on any atom is 0.404 e. The monoisotopic (exact) mass is 273 g/mol. The number of nitrogens with two attached hydrogens (primary N) is 1. The number of carbonyl (C=O) groups excluding carboxylic acids is 1. The molecule has 5 heteroatoms. The van der Waals surface area contributed by atoms with Crippen molar-refractivity contribution in [1.29, 1.82) is 0 Å². The fourth-order valence-electron chi connectivity index (χ4n) is 1.23. The smallest absolute Gasteiger partial charge is 0.404 e. The Morgan fingerprint density at radius 2 is 1.94 bits per heavy atom. The van der Waals surface area contributed by atoms with Crippen molar-refractivity contribution in [3.8, 4) is 0 Å². The van der Waals surface area contributed by atoms with Gasteiger partial charge in [0, 0.05) is 5.92 Å². The standard InChI is InChI=1S/C13H27NO3Si/c1-10(11(9-15)17-12(14)16)7-8-18(5,6)13(2,3)4/h7-8,10-11,15H,9H2,1-6H3,(H2,14,16). The Balaban J connectivity index is 4.72. The summed E-state index contributed by atoms with van der Waals surface area (Å²) < 4.78 is 4.87. The normalized spacial score (nSPS) is 16.6. The van der Waals surface area contributed by atoms with Gasteiger partial charge in [-0.15, -0.1) is 0 Å². The Morgan fingerprint density at radius 1 is 1.44 bits per heavy atom. The van der Waals surface area contributed by atoms with Crippen LogP contribution >= 0.6 is 0 Å². The minimum absolute atomic E-state index is 0.0448. The second kappa shape index (κ2) is 6.38. The molecule has 0 aliphatic rings. The SMILES string of the molecule is CC(C=C[Si](C)(C)C(C)(C)C)C(CO)OC(N)=O. The average Bonchev–Trinajstić information content (AvgIpc) is 2.20. The van der Waals surface area contributed by atoms with Crippen LogP contribution in [-0.2, 0) is 4.74 Å². The molecule has 0 heterocycles. The summed E-state index contributed by atoms with van der Waals surface area (Å²) in [5.74, 6) is -0.0448. The summed E-state index contributed by atoms with van der Waals surface area (Å²) in [5, 5.41) is 9.45. The summed E-state index contributed by atoms with van der Waals surface area (Å²) in [5.41, 5.74) is 7.21. The van der Waals surface area contributed by atoms with E-state index in [1.807, 2.05) is 13.0 Å². The number of hydrogen-bond donors (Lipinski definition) is 2. The lowest BCUT2D eigenvalue weighted by Crippen LogP contribution is -2.36. The zero-order valence-electron chi connectivity index (χ0n) is 12.4. The molecule has 2 unspecified atom stereocenters. The molecule has 2 atom stereocenters. The first kappa shape index (κ1) is 17.2. The quantitative estimate of drug-likeness (QED) is 0.756. The molecule has 0 saturated carbocycles. The minimum atomic E-state index is -1.50. The lowest BCUT2D eigenvalue weighted by molar-refractivity contribution is 0.0434. The molecule has 0 aliphatic heterocycles. The van der Waals surface area contributed by atoms with Crippen molar-refractivity contribution in [1.82, 2.24) is 0 Å². The first-order chi connectivity index (χ1) is 8.01. The molecule has 18 heavy (non-hydrogen) atoms. The molecule has 4 nitrogen and oxygen atoms in total. The lowest BCUT2D eigenvalue weighted by Gasteiger charge is -2.34. The summed E-state index contributed by atoms with van der Waals surface area (Å²) in [7, 11) is -1.50. The molecule has 3 N–H and O–H groups in total. The van der Waals surface area contributed by atoms with Crippen molar-refractivity contribution >= 4 is 14.2 Å². The average molecular weight is 273 g/mol. The zero-order valence-corrected chi connectivity index (χ0v) is 13.4. The van der Waals surface area contributed by atoms with Crippen LogP contribution in [0.3, 0.4) is 0 Å². The molecule has 0 bridgehead atoms. The summed E-state index contributed by atoms with van der Waals surface area (Å²) >= 11 is 0. The molecule has 0 fully saturated rings. The van der Waals surface area contributed by atoms with Crippen molar-refractivity contribution in [2.24, 2.45) is 11.7 Å². The van der Waals surface area contributed by atoms with E-state index in [1.165, 1.54) is 0 Å². The second-order valence-electron chi connectivity index (χ2n) is 6.35. The molecule has 0 saturated heterocycles. The topological polar surface area (TPSA) is 72.6 Å². The Bertz CT molecular complexity index is 308. The molecule has 0 aromatic heterocycles. The number of rotatable bonds is 5. The van der Waals surface area contributed by atoms with E-state index in [1.54, 1.807) is 0 Å². The van der Waals surface area contributed by atoms with Gasteiger partial charge in [0.1, 0.15) is 6.10 Å². The molecule has 0 spiro atoms. The van der Waals surface area contributed by atoms with Crippen LogP contribution in [0.4, 0.5) is 4.79 Å². The van der Waals surface area contributed by atoms with Gasteiger partial charge in [-0.2, -0.15) is 0 Å². The van der Waals surface area contributed by atoms with Gasteiger partial charge in [0.15, 0.2) is 0 Å². The third-order valence-electron chi connectivity index (χ3n) is 3.78. The number of aliphatic hydroxyl groups excluding tert-OH is 1. The van der Waals surface area contributed by atoms with Gasteiger partial charge < -0.3 is 15.6 Å². The maximum atomic E-state index is 10.7. The number of hydrogen-bond acceptors (Lipinski definition) is 3.